The largest absolute Gasteiger partial charge is 0.360 e. The summed E-state index contributed by atoms with van der Waals surface area (Å²) in [5, 5.41) is 0.540. The van der Waals surface area contributed by atoms with Crippen LogP contribution in [0.4, 0.5) is 0 Å². The van der Waals surface area contributed by atoms with Crippen LogP contribution in [0.3, 0.4) is 0 Å². The van der Waals surface area contributed by atoms with Crippen LogP contribution in [-0.2, 0) is 0 Å². The van der Waals surface area contributed by atoms with E-state index < -0.39 is 0 Å². The average molecular weight is 375 g/mol. The first-order valence-corrected chi connectivity index (χ1v) is 7.15. The number of nitrogens with one attached hydrogen (secondary N) is 1. The molecule has 0 aliphatic rings. The number of pyridine rings is 1. The van der Waals surface area contributed by atoms with E-state index >= 15 is 0 Å². The van der Waals surface area contributed by atoms with Gasteiger partial charge in [-0.05, 0) is 40.8 Å². The zero-order valence-corrected chi connectivity index (χ0v) is 12.5. The number of hydrogen-bond donors (Lipinski definition) is 1. The van der Waals surface area contributed by atoms with Gasteiger partial charge < -0.3 is 4.98 Å². The maximum atomic E-state index is 12.5. The van der Waals surface area contributed by atoms with Gasteiger partial charge in [0.1, 0.15) is 0 Å². The van der Waals surface area contributed by atoms with Crippen molar-refractivity contribution in [2.45, 2.75) is 0 Å². The van der Waals surface area contributed by atoms with Crippen LogP contribution in [0.2, 0.25) is 0 Å². The summed E-state index contributed by atoms with van der Waals surface area (Å²) in [7, 11) is 0. The molecule has 1 N–H and O–H groups in total. The van der Waals surface area contributed by atoms with Crippen LogP contribution in [0, 0.1) is 3.57 Å². The lowest BCUT2D eigenvalue weighted by Gasteiger charge is -2.03. The van der Waals surface area contributed by atoms with Crippen molar-refractivity contribution in [3.63, 3.8) is 0 Å². The molecular formula is C16H10INO2. The van der Waals surface area contributed by atoms with Gasteiger partial charge in [-0.1, -0.05) is 30.3 Å². The number of aromatic amines is 1. The van der Waals surface area contributed by atoms with Gasteiger partial charge in [0, 0.05) is 26.2 Å². The highest BCUT2D eigenvalue weighted by atomic mass is 127. The summed E-state index contributed by atoms with van der Waals surface area (Å²) in [4.78, 5) is 27.8. The summed E-state index contributed by atoms with van der Waals surface area (Å²) < 4.78 is 0.963. The molecule has 0 aliphatic heterocycles. The first-order chi connectivity index (χ1) is 9.66. The van der Waals surface area contributed by atoms with Crippen molar-refractivity contribution in [2.24, 2.45) is 0 Å². The molecule has 20 heavy (non-hydrogen) atoms. The third-order valence-corrected chi connectivity index (χ3v) is 3.79. The maximum absolute atomic E-state index is 12.5. The third-order valence-electron chi connectivity index (χ3n) is 3.12. The standard InChI is InChI=1S/C16H10INO2/c17-11-6-7-14-12(8-11)16(20)13(9-18-14)15(19)10-4-2-1-3-5-10/h1-9H,(H,18,20). The van der Waals surface area contributed by atoms with Gasteiger partial charge in [0.2, 0.25) is 5.43 Å². The van der Waals surface area contributed by atoms with Gasteiger partial charge in [0.15, 0.2) is 5.78 Å². The molecule has 3 aromatic rings. The second-order valence-corrected chi connectivity index (χ2v) is 5.66. The lowest BCUT2D eigenvalue weighted by molar-refractivity contribution is 0.103. The average Bonchev–Trinajstić information content (AvgIpc) is 2.48. The summed E-state index contributed by atoms with van der Waals surface area (Å²) in [5.41, 5.74) is 1.19. The van der Waals surface area contributed by atoms with Crippen LogP contribution < -0.4 is 5.43 Å². The number of H-pyrrole nitrogens is 1. The van der Waals surface area contributed by atoms with Gasteiger partial charge in [-0.3, -0.25) is 9.59 Å². The summed E-state index contributed by atoms with van der Waals surface area (Å²) in [5.74, 6) is -0.257. The van der Waals surface area contributed by atoms with E-state index in [0.717, 1.165) is 9.09 Å². The van der Waals surface area contributed by atoms with Crippen molar-refractivity contribution < 1.29 is 4.79 Å². The summed E-state index contributed by atoms with van der Waals surface area (Å²) in [6.07, 6.45) is 1.49. The monoisotopic (exact) mass is 375 g/mol. The predicted octanol–water partition coefficient (Wildman–Crippen LogP) is 3.36. The molecule has 3 rings (SSSR count). The topological polar surface area (TPSA) is 49.9 Å². The Morgan fingerprint density at radius 2 is 1.80 bits per heavy atom. The Hall–Kier alpha value is -1.95. The van der Waals surface area contributed by atoms with E-state index in [1.165, 1.54) is 6.20 Å². The van der Waals surface area contributed by atoms with Gasteiger partial charge in [-0.2, -0.15) is 0 Å². The van der Waals surface area contributed by atoms with Crippen molar-refractivity contribution >= 4 is 39.3 Å². The van der Waals surface area contributed by atoms with Crippen LogP contribution in [0.1, 0.15) is 15.9 Å². The number of rotatable bonds is 2. The van der Waals surface area contributed by atoms with Crippen molar-refractivity contribution in [2.75, 3.05) is 0 Å². The Kier molecular flexibility index (Phi) is 3.40. The SMILES string of the molecule is O=C(c1ccccc1)c1c[nH]c2ccc(I)cc2c1=O. The predicted molar refractivity (Wildman–Crippen MR) is 87.2 cm³/mol. The lowest BCUT2D eigenvalue weighted by atomic mass is 10.0. The number of fused-ring (bicyclic) bond motifs is 1. The van der Waals surface area contributed by atoms with E-state index in [1.54, 1.807) is 30.3 Å². The molecule has 1 aromatic heterocycles. The molecule has 0 fully saturated rings. The number of carbonyl (C=O) groups is 1. The maximum Gasteiger partial charge on any atom is 0.200 e. The Morgan fingerprint density at radius 1 is 1.05 bits per heavy atom. The van der Waals surface area contributed by atoms with E-state index in [1.807, 2.05) is 18.2 Å². The minimum absolute atomic E-state index is 0.172. The Bertz CT molecular complexity index is 853. The van der Waals surface area contributed by atoms with Crippen LogP contribution >= 0.6 is 22.6 Å². The molecule has 3 nitrogen and oxygen atoms in total. The zero-order chi connectivity index (χ0) is 14.1. The summed E-state index contributed by atoms with van der Waals surface area (Å²) >= 11 is 2.15. The highest BCUT2D eigenvalue weighted by molar-refractivity contribution is 14.1. The second kappa shape index (κ2) is 5.20. The quantitative estimate of drug-likeness (QED) is 0.552. The number of aromatic nitrogens is 1. The summed E-state index contributed by atoms with van der Waals surface area (Å²) in [6, 6.07) is 14.4. The Labute approximate surface area is 128 Å². The van der Waals surface area contributed by atoms with Gasteiger partial charge in [-0.25, -0.2) is 0 Å². The molecule has 2 aromatic carbocycles. The van der Waals surface area contributed by atoms with E-state index in [9.17, 15) is 9.59 Å². The molecule has 0 spiro atoms. The van der Waals surface area contributed by atoms with Crippen LogP contribution in [0.15, 0.2) is 59.5 Å². The van der Waals surface area contributed by atoms with Crippen molar-refractivity contribution in [3.05, 3.63) is 79.6 Å². The van der Waals surface area contributed by atoms with Crippen LogP contribution in [0.25, 0.3) is 10.9 Å². The molecule has 0 aliphatic carbocycles. The van der Waals surface area contributed by atoms with Crippen molar-refractivity contribution in [3.8, 4) is 0 Å². The molecule has 0 saturated heterocycles. The first-order valence-electron chi connectivity index (χ1n) is 6.07. The smallest absolute Gasteiger partial charge is 0.200 e. The van der Waals surface area contributed by atoms with Crippen LogP contribution in [0.5, 0.6) is 0 Å². The van der Waals surface area contributed by atoms with Crippen LogP contribution in [-0.4, -0.2) is 10.8 Å². The molecule has 4 heteroatoms. The number of carbonyl (C=O) groups excluding carboxylic acids is 1. The first kappa shape index (κ1) is 13.1. The molecule has 0 bridgehead atoms. The molecular weight excluding hydrogens is 365 g/mol. The number of halogens is 1. The highest BCUT2D eigenvalue weighted by Crippen LogP contribution is 2.14. The fraction of sp³-hybridized carbons (Fsp3) is 0. The van der Waals surface area contributed by atoms with Gasteiger partial charge in [0.05, 0.1) is 5.56 Å². The number of benzene rings is 2. The normalized spacial score (nSPS) is 10.7. The van der Waals surface area contributed by atoms with Gasteiger partial charge >= 0.3 is 0 Å². The Balaban J connectivity index is 2.20. The third kappa shape index (κ3) is 2.27. The van der Waals surface area contributed by atoms with Crippen molar-refractivity contribution in [1.29, 1.82) is 0 Å². The zero-order valence-electron chi connectivity index (χ0n) is 10.4. The van der Waals surface area contributed by atoms with E-state index in [0.29, 0.717) is 10.9 Å². The fourth-order valence-electron chi connectivity index (χ4n) is 2.10. The fourth-order valence-corrected chi connectivity index (χ4v) is 2.60. The highest BCUT2D eigenvalue weighted by Gasteiger charge is 2.14. The minimum atomic E-state index is -0.257. The van der Waals surface area contributed by atoms with Gasteiger partial charge in [-0.15, -0.1) is 0 Å². The molecule has 1 heterocycles. The minimum Gasteiger partial charge on any atom is -0.360 e. The van der Waals surface area contributed by atoms with E-state index in [2.05, 4.69) is 27.6 Å². The molecule has 0 atom stereocenters. The van der Waals surface area contributed by atoms with E-state index in [-0.39, 0.29) is 16.8 Å². The molecule has 0 saturated carbocycles. The van der Waals surface area contributed by atoms with Crippen molar-refractivity contribution in [1.82, 2.24) is 4.98 Å². The molecule has 0 amide bonds. The molecule has 0 radical (unpaired) electrons. The number of hydrogen-bond acceptors (Lipinski definition) is 2. The van der Waals surface area contributed by atoms with E-state index in [4.69, 9.17) is 0 Å². The second-order valence-electron chi connectivity index (χ2n) is 4.42. The Morgan fingerprint density at radius 3 is 2.55 bits per heavy atom. The molecule has 0 unspecified atom stereocenters. The lowest BCUT2D eigenvalue weighted by Crippen LogP contribution is -2.16. The molecule has 98 valence electrons. The summed E-state index contributed by atoms with van der Waals surface area (Å²) in [6.45, 7) is 0. The van der Waals surface area contributed by atoms with Gasteiger partial charge in [0.25, 0.3) is 0 Å². The number of ketones is 1.